The van der Waals surface area contributed by atoms with Gasteiger partial charge in [-0.3, -0.25) is 0 Å². The summed E-state index contributed by atoms with van der Waals surface area (Å²) >= 11 is 0. The average molecular weight is 370 g/mol. The van der Waals surface area contributed by atoms with E-state index in [1.165, 1.54) is 0 Å². The molecule has 0 heterocycles. The molecule has 0 aliphatic rings. The van der Waals surface area contributed by atoms with Crippen molar-refractivity contribution >= 4 is 5.97 Å². The van der Waals surface area contributed by atoms with E-state index in [9.17, 15) is 39.9 Å². The zero-order chi connectivity index (χ0) is 18.9. The standard InChI is InChI=1S/C15H6F8O2/c16-9-8(10(17)12(19)13(20)11(9)18)5-25-14(24)6-2-1-3-7(4-6)15(21,22)23/h1-4H,5H2. The molecule has 0 aliphatic carbocycles. The highest BCUT2D eigenvalue weighted by molar-refractivity contribution is 5.89. The van der Waals surface area contributed by atoms with Crippen LogP contribution in [0.5, 0.6) is 0 Å². The third kappa shape index (κ3) is 3.72. The molecule has 0 radical (unpaired) electrons. The number of ether oxygens (including phenoxy) is 1. The first kappa shape index (κ1) is 18.7. The molecule has 25 heavy (non-hydrogen) atoms. The molecule has 10 heteroatoms. The fourth-order valence-corrected chi connectivity index (χ4v) is 1.82. The minimum Gasteiger partial charge on any atom is -0.457 e. The summed E-state index contributed by atoms with van der Waals surface area (Å²) in [4.78, 5) is 11.7. The molecule has 0 spiro atoms. The lowest BCUT2D eigenvalue weighted by Gasteiger charge is -2.10. The van der Waals surface area contributed by atoms with Crippen molar-refractivity contribution in [1.82, 2.24) is 0 Å². The average Bonchev–Trinajstić information content (AvgIpc) is 2.57. The molecule has 2 nitrogen and oxygen atoms in total. The Morgan fingerprint density at radius 2 is 1.40 bits per heavy atom. The van der Waals surface area contributed by atoms with Gasteiger partial charge in [-0.25, -0.2) is 26.7 Å². The molecule has 2 rings (SSSR count). The highest BCUT2D eigenvalue weighted by atomic mass is 19.4. The van der Waals surface area contributed by atoms with Crippen LogP contribution in [0.15, 0.2) is 24.3 Å². The van der Waals surface area contributed by atoms with Gasteiger partial charge in [0.2, 0.25) is 5.82 Å². The second kappa shape index (κ2) is 6.69. The SMILES string of the molecule is O=C(OCc1c(F)c(F)c(F)c(F)c1F)c1cccc(C(F)(F)F)c1. The molecule has 0 saturated heterocycles. The Kier molecular flexibility index (Phi) is 5.00. The summed E-state index contributed by atoms with van der Waals surface area (Å²) < 4.78 is 108. The van der Waals surface area contributed by atoms with Crippen molar-refractivity contribution < 1.29 is 44.7 Å². The molecule has 134 valence electrons. The number of esters is 1. The van der Waals surface area contributed by atoms with E-state index in [0.29, 0.717) is 12.1 Å². The van der Waals surface area contributed by atoms with Gasteiger partial charge in [-0.05, 0) is 18.2 Å². The molecular formula is C15H6F8O2. The van der Waals surface area contributed by atoms with Gasteiger partial charge in [-0.2, -0.15) is 13.2 Å². The lowest BCUT2D eigenvalue weighted by Crippen LogP contribution is -2.13. The maximum Gasteiger partial charge on any atom is 0.416 e. The largest absolute Gasteiger partial charge is 0.457 e. The number of hydrogen-bond donors (Lipinski definition) is 0. The maximum atomic E-state index is 13.4. The third-order valence-corrected chi connectivity index (χ3v) is 3.07. The minimum atomic E-state index is -4.75. The van der Waals surface area contributed by atoms with E-state index in [1.807, 2.05) is 0 Å². The molecule has 0 bridgehead atoms. The van der Waals surface area contributed by atoms with E-state index >= 15 is 0 Å². The van der Waals surface area contributed by atoms with Gasteiger partial charge in [-0.1, -0.05) is 6.07 Å². The number of carbonyl (C=O) groups excluding carboxylic acids is 1. The fourth-order valence-electron chi connectivity index (χ4n) is 1.82. The quantitative estimate of drug-likeness (QED) is 0.337. The van der Waals surface area contributed by atoms with Crippen LogP contribution in [0.1, 0.15) is 21.5 Å². The molecule has 0 aromatic heterocycles. The Morgan fingerprint density at radius 1 is 0.880 bits per heavy atom. The van der Waals surface area contributed by atoms with Crippen LogP contribution in [0.2, 0.25) is 0 Å². The second-order valence-corrected chi connectivity index (χ2v) is 4.70. The summed E-state index contributed by atoms with van der Waals surface area (Å²) in [6.45, 7) is -1.36. The first-order valence-electron chi connectivity index (χ1n) is 6.38. The number of halogens is 8. The van der Waals surface area contributed by atoms with Crippen molar-refractivity contribution in [2.45, 2.75) is 12.8 Å². The molecule has 0 aliphatic heterocycles. The molecule has 2 aromatic rings. The number of carbonyl (C=O) groups is 1. The lowest BCUT2D eigenvalue weighted by molar-refractivity contribution is -0.137. The van der Waals surface area contributed by atoms with Gasteiger partial charge < -0.3 is 4.74 Å². The van der Waals surface area contributed by atoms with Gasteiger partial charge in [0.25, 0.3) is 0 Å². The van der Waals surface area contributed by atoms with Crippen molar-refractivity contribution in [2.24, 2.45) is 0 Å². The summed E-state index contributed by atoms with van der Waals surface area (Å²) in [5.41, 5.74) is -3.21. The molecule has 0 saturated carbocycles. The van der Waals surface area contributed by atoms with Crippen molar-refractivity contribution in [3.63, 3.8) is 0 Å². The normalized spacial score (nSPS) is 11.5. The van der Waals surface area contributed by atoms with E-state index in [0.717, 1.165) is 12.1 Å². The van der Waals surface area contributed by atoms with Crippen molar-refractivity contribution in [3.05, 3.63) is 70.0 Å². The van der Waals surface area contributed by atoms with E-state index < -0.39 is 64.5 Å². The van der Waals surface area contributed by atoms with Crippen molar-refractivity contribution in [1.29, 1.82) is 0 Å². The van der Waals surface area contributed by atoms with Crippen LogP contribution >= 0.6 is 0 Å². The summed E-state index contributed by atoms with van der Waals surface area (Å²) in [5, 5.41) is 0. The monoisotopic (exact) mass is 370 g/mol. The smallest absolute Gasteiger partial charge is 0.416 e. The van der Waals surface area contributed by atoms with Crippen LogP contribution in [-0.4, -0.2) is 5.97 Å². The van der Waals surface area contributed by atoms with Crippen LogP contribution < -0.4 is 0 Å². The van der Waals surface area contributed by atoms with Crippen LogP contribution in [0, 0.1) is 29.1 Å². The molecule has 0 unspecified atom stereocenters. The van der Waals surface area contributed by atoms with Gasteiger partial charge in [-0.15, -0.1) is 0 Å². The zero-order valence-corrected chi connectivity index (χ0v) is 11.9. The topological polar surface area (TPSA) is 26.3 Å². The molecule has 0 fully saturated rings. The summed E-state index contributed by atoms with van der Waals surface area (Å²) in [6.07, 6.45) is -4.75. The highest BCUT2D eigenvalue weighted by Crippen LogP contribution is 2.30. The van der Waals surface area contributed by atoms with Crippen LogP contribution in [-0.2, 0) is 17.5 Å². The number of benzene rings is 2. The van der Waals surface area contributed by atoms with Gasteiger partial charge in [0, 0.05) is 0 Å². The van der Waals surface area contributed by atoms with Crippen molar-refractivity contribution in [3.8, 4) is 0 Å². The fraction of sp³-hybridized carbons (Fsp3) is 0.133. The molecule has 2 aromatic carbocycles. The summed E-state index contributed by atoms with van der Waals surface area (Å²) in [6, 6.07) is 2.90. The zero-order valence-electron chi connectivity index (χ0n) is 11.9. The van der Waals surface area contributed by atoms with Gasteiger partial charge in [0.1, 0.15) is 6.61 Å². The van der Waals surface area contributed by atoms with Gasteiger partial charge in [0.15, 0.2) is 23.3 Å². The first-order chi connectivity index (χ1) is 11.5. The molecular weight excluding hydrogens is 364 g/mol. The van der Waals surface area contributed by atoms with E-state index in [2.05, 4.69) is 4.74 Å². The Morgan fingerprint density at radius 3 is 1.92 bits per heavy atom. The Balaban J connectivity index is 2.25. The van der Waals surface area contributed by atoms with E-state index in [4.69, 9.17) is 0 Å². The van der Waals surface area contributed by atoms with Gasteiger partial charge >= 0.3 is 12.1 Å². The van der Waals surface area contributed by atoms with Crippen LogP contribution in [0.3, 0.4) is 0 Å². The first-order valence-corrected chi connectivity index (χ1v) is 6.38. The van der Waals surface area contributed by atoms with Crippen molar-refractivity contribution in [2.75, 3.05) is 0 Å². The Labute approximate surface area is 134 Å². The number of hydrogen-bond acceptors (Lipinski definition) is 2. The predicted octanol–water partition coefficient (Wildman–Crippen LogP) is 4.76. The second-order valence-electron chi connectivity index (χ2n) is 4.70. The summed E-state index contributed by atoms with van der Waals surface area (Å²) in [5.74, 6) is -12.7. The number of rotatable bonds is 3. The Bertz CT molecular complexity index is 800. The highest BCUT2D eigenvalue weighted by Gasteiger charge is 2.31. The van der Waals surface area contributed by atoms with Crippen LogP contribution in [0.25, 0.3) is 0 Å². The molecule has 0 amide bonds. The summed E-state index contributed by atoms with van der Waals surface area (Å²) in [7, 11) is 0. The van der Waals surface area contributed by atoms with E-state index in [-0.39, 0.29) is 0 Å². The van der Waals surface area contributed by atoms with E-state index in [1.54, 1.807) is 0 Å². The predicted molar refractivity (Wildman–Crippen MR) is 66.8 cm³/mol. The lowest BCUT2D eigenvalue weighted by atomic mass is 10.1. The Hall–Kier alpha value is -2.65. The minimum absolute atomic E-state index is 0.418. The van der Waals surface area contributed by atoms with Gasteiger partial charge in [0.05, 0.1) is 16.7 Å². The molecule has 0 N–H and O–H groups in total. The maximum absolute atomic E-state index is 13.4. The molecule has 0 atom stereocenters. The van der Waals surface area contributed by atoms with Crippen LogP contribution in [0.4, 0.5) is 35.1 Å². The third-order valence-electron chi connectivity index (χ3n) is 3.07. The number of alkyl halides is 3.